The molecule has 1 saturated heterocycles. The summed E-state index contributed by atoms with van der Waals surface area (Å²) in [5.74, 6) is -1.14. The second-order valence-electron chi connectivity index (χ2n) is 7.25. The van der Waals surface area contributed by atoms with E-state index in [4.69, 9.17) is 4.74 Å². The summed E-state index contributed by atoms with van der Waals surface area (Å²) in [5, 5.41) is 9.21. The monoisotopic (exact) mass is 462 g/mol. The van der Waals surface area contributed by atoms with Crippen LogP contribution in [0, 0.1) is 0 Å². The molecule has 1 amide bonds. The Kier molecular flexibility index (Phi) is 6.54. The Labute approximate surface area is 167 Å². The fourth-order valence-electron chi connectivity index (χ4n) is 2.76. The van der Waals surface area contributed by atoms with E-state index >= 15 is 0 Å². The van der Waals surface area contributed by atoms with Crippen LogP contribution in [0.4, 0.5) is 4.79 Å². The molecule has 0 aliphatic carbocycles. The van der Waals surface area contributed by atoms with Crippen molar-refractivity contribution < 1.29 is 27.9 Å². The highest BCUT2D eigenvalue weighted by Gasteiger charge is 2.39. The Morgan fingerprint density at radius 2 is 1.81 bits per heavy atom. The smallest absolute Gasteiger partial charge is 0.410 e. The van der Waals surface area contributed by atoms with Gasteiger partial charge in [0.2, 0.25) is 10.0 Å². The van der Waals surface area contributed by atoms with Gasteiger partial charge in [-0.3, -0.25) is 4.79 Å². The molecule has 0 radical (unpaired) electrons. The molecule has 0 bridgehead atoms. The summed E-state index contributed by atoms with van der Waals surface area (Å²) in [7, 11) is -3.89. The van der Waals surface area contributed by atoms with Gasteiger partial charge in [0.25, 0.3) is 0 Å². The average Bonchev–Trinajstić information content (AvgIpc) is 2.52. The number of rotatable bonds is 4. The zero-order valence-corrected chi connectivity index (χ0v) is 17.8. The third-order valence-electron chi connectivity index (χ3n) is 3.91. The summed E-state index contributed by atoms with van der Waals surface area (Å²) in [4.78, 5) is 25.0. The molecule has 2 rings (SSSR count). The molecule has 1 aromatic carbocycles. The summed E-state index contributed by atoms with van der Waals surface area (Å²) in [5.41, 5.74) is -0.694. The van der Waals surface area contributed by atoms with Gasteiger partial charge < -0.3 is 14.7 Å². The number of benzene rings is 1. The number of carboxylic acid groups (broad SMARTS) is 1. The number of carbonyl (C=O) groups excluding carboxylic acids is 1. The lowest BCUT2D eigenvalue weighted by Crippen LogP contribution is -2.57. The minimum Gasteiger partial charge on any atom is -0.481 e. The van der Waals surface area contributed by atoms with Crippen LogP contribution in [0.2, 0.25) is 0 Å². The first-order chi connectivity index (χ1) is 12.4. The third-order valence-corrected chi connectivity index (χ3v) is 6.41. The highest BCUT2D eigenvalue weighted by atomic mass is 79.9. The van der Waals surface area contributed by atoms with Crippen LogP contribution in [-0.2, 0) is 19.6 Å². The molecule has 0 spiro atoms. The van der Waals surface area contributed by atoms with Gasteiger partial charge in [-0.1, -0.05) is 15.9 Å². The van der Waals surface area contributed by atoms with Crippen LogP contribution in [0.1, 0.15) is 27.2 Å². The molecule has 150 valence electrons. The predicted octanol–water partition coefficient (Wildman–Crippen LogP) is 2.53. The Morgan fingerprint density at radius 3 is 2.33 bits per heavy atom. The van der Waals surface area contributed by atoms with Gasteiger partial charge in [0.15, 0.2) is 0 Å². The first kappa shape index (κ1) is 21.6. The minimum atomic E-state index is -3.89. The summed E-state index contributed by atoms with van der Waals surface area (Å²) < 4.78 is 33.2. The van der Waals surface area contributed by atoms with Gasteiger partial charge in [-0.15, -0.1) is 0 Å². The summed E-state index contributed by atoms with van der Waals surface area (Å²) in [6.45, 7) is 5.27. The number of sulfonamides is 1. The largest absolute Gasteiger partial charge is 0.481 e. The van der Waals surface area contributed by atoms with Gasteiger partial charge in [-0.2, -0.15) is 4.31 Å². The maximum absolute atomic E-state index is 13.0. The van der Waals surface area contributed by atoms with Crippen molar-refractivity contribution in [2.45, 2.75) is 43.7 Å². The van der Waals surface area contributed by atoms with Crippen molar-refractivity contribution in [3.8, 4) is 0 Å². The number of carbonyl (C=O) groups is 2. The van der Waals surface area contributed by atoms with Crippen LogP contribution in [0.3, 0.4) is 0 Å². The number of ether oxygens (including phenoxy) is 1. The fraction of sp³-hybridized carbons (Fsp3) is 0.529. The fourth-order valence-corrected chi connectivity index (χ4v) is 4.63. The average molecular weight is 463 g/mol. The van der Waals surface area contributed by atoms with Gasteiger partial charge in [0, 0.05) is 24.1 Å². The SMILES string of the molecule is CC(C)(C)OC(=O)N1CCN(S(=O)(=O)c2ccc(Br)cc2)[C@@H](CC(=O)O)C1. The van der Waals surface area contributed by atoms with Crippen LogP contribution in [0.25, 0.3) is 0 Å². The molecule has 8 nitrogen and oxygen atoms in total. The molecule has 0 saturated carbocycles. The van der Waals surface area contributed by atoms with Crippen molar-refractivity contribution in [2.24, 2.45) is 0 Å². The topological polar surface area (TPSA) is 104 Å². The third kappa shape index (κ3) is 5.66. The normalized spacial score (nSPS) is 19.0. The summed E-state index contributed by atoms with van der Waals surface area (Å²) in [6, 6.07) is 5.25. The molecule has 1 aromatic rings. The zero-order valence-electron chi connectivity index (χ0n) is 15.4. The second-order valence-corrected chi connectivity index (χ2v) is 10.1. The molecule has 1 fully saturated rings. The van der Waals surface area contributed by atoms with Crippen molar-refractivity contribution >= 4 is 38.0 Å². The van der Waals surface area contributed by atoms with E-state index < -0.39 is 40.1 Å². The van der Waals surface area contributed by atoms with E-state index in [0.29, 0.717) is 0 Å². The molecule has 1 heterocycles. The van der Waals surface area contributed by atoms with Gasteiger partial charge >= 0.3 is 12.1 Å². The first-order valence-electron chi connectivity index (χ1n) is 8.37. The van der Waals surface area contributed by atoms with E-state index in [-0.39, 0.29) is 24.5 Å². The minimum absolute atomic E-state index is 0.00438. The Morgan fingerprint density at radius 1 is 1.22 bits per heavy atom. The zero-order chi connectivity index (χ0) is 20.4. The molecule has 27 heavy (non-hydrogen) atoms. The van der Waals surface area contributed by atoms with Crippen molar-refractivity contribution in [2.75, 3.05) is 19.6 Å². The number of hydrogen-bond donors (Lipinski definition) is 1. The Balaban J connectivity index is 2.25. The predicted molar refractivity (Wildman–Crippen MR) is 102 cm³/mol. The maximum atomic E-state index is 13.0. The number of hydrogen-bond acceptors (Lipinski definition) is 5. The number of piperazine rings is 1. The molecule has 1 aliphatic rings. The lowest BCUT2D eigenvalue weighted by molar-refractivity contribution is -0.138. The standard InChI is InChI=1S/C17H23BrN2O6S/c1-17(2,3)26-16(23)19-8-9-20(13(11-19)10-15(21)22)27(24,25)14-6-4-12(18)5-7-14/h4-7,13H,8-11H2,1-3H3,(H,21,22)/t13-/m0/s1. The van der Waals surface area contributed by atoms with Gasteiger partial charge in [-0.05, 0) is 45.0 Å². The summed E-state index contributed by atoms with van der Waals surface area (Å²) >= 11 is 3.26. The number of amides is 1. The van der Waals surface area contributed by atoms with E-state index in [2.05, 4.69) is 15.9 Å². The van der Waals surface area contributed by atoms with Crippen molar-refractivity contribution in [3.05, 3.63) is 28.7 Å². The number of nitrogens with zero attached hydrogens (tertiary/aromatic N) is 2. The van der Waals surface area contributed by atoms with Gasteiger partial charge in [0.05, 0.1) is 17.4 Å². The van der Waals surface area contributed by atoms with Crippen LogP contribution >= 0.6 is 15.9 Å². The Bertz CT molecular complexity index is 804. The molecule has 1 N–H and O–H groups in total. The number of carboxylic acids is 1. The van der Waals surface area contributed by atoms with Crippen molar-refractivity contribution in [3.63, 3.8) is 0 Å². The molecule has 0 unspecified atom stereocenters. The van der Waals surface area contributed by atoms with Crippen molar-refractivity contribution in [1.29, 1.82) is 0 Å². The molecule has 10 heteroatoms. The lowest BCUT2D eigenvalue weighted by Gasteiger charge is -2.40. The molecular formula is C17H23BrN2O6S. The van der Waals surface area contributed by atoms with Crippen LogP contribution < -0.4 is 0 Å². The van der Waals surface area contributed by atoms with Crippen LogP contribution in [0.15, 0.2) is 33.6 Å². The number of halogens is 1. The van der Waals surface area contributed by atoms with Crippen LogP contribution in [0.5, 0.6) is 0 Å². The van der Waals surface area contributed by atoms with E-state index in [1.54, 1.807) is 32.9 Å². The van der Waals surface area contributed by atoms with E-state index in [0.717, 1.165) is 8.78 Å². The first-order valence-corrected chi connectivity index (χ1v) is 10.6. The lowest BCUT2D eigenvalue weighted by atomic mass is 10.1. The Hall–Kier alpha value is -1.65. The highest BCUT2D eigenvalue weighted by molar-refractivity contribution is 9.10. The maximum Gasteiger partial charge on any atom is 0.410 e. The second kappa shape index (κ2) is 8.15. The van der Waals surface area contributed by atoms with E-state index in [9.17, 15) is 23.1 Å². The molecular weight excluding hydrogens is 440 g/mol. The molecule has 1 atom stereocenters. The van der Waals surface area contributed by atoms with E-state index in [1.165, 1.54) is 17.0 Å². The van der Waals surface area contributed by atoms with Gasteiger partial charge in [0.1, 0.15) is 5.60 Å². The molecule has 0 aromatic heterocycles. The molecule has 1 aliphatic heterocycles. The van der Waals surface area contributed by atoms with Crippen molar-refractivity contribution in [1.82, 2.24) is 9.21 Å². The summed E-state index contributed by atoms with van der Waals surface area (Å²) in [6.07, 6.45) is -0.992. The van der Waals surface area contributed by atoms with Crippen LogP contribution in [-0.4, -0.2) is 66.1 Å². The number of aliphatic carboxylic acids is 1. The quantitative estimate of drug-likeness (QED) is 0.736. The van der Waals surface area contributed by atoms with Gasteiger partial charge in [-0.25, -0.2) is 13.2 Å². The van der Waals surface area contributed by atoms with E-state index in [1.807, 2.05) is 0 Å². The highest BCUT2D eigenvalue weighted by Crippen LogP contribution is 2.25.